The van der Waals surface area contributed by atoms with Crippen LogP contribution in [-0.2, 0) is 0 Å². The number of hydrogen-bond donors (Lipinski definition) is 2. The molecule has 2 aromatic heterocycles. The number of nitrogens with one attached hydrogen (secondary N) is 2. The van der Waals surface area contributed by atoms with Crippen LogP contribution in [0.5, 0.6) is 0 Å². The molecule has 1 fully saturated rings. The van der Waals surface area contributed by atoms with Crippen molar-refractivity contribution in [2.75, 3.05) is 48.3 Å². The fourth-order valence-corrected chi connectivity index (χ4v) is 4.65. The highest BCUT2D eigenvalue weighted by atomic mass is 32.1. The van der Waals surface area contributed by atoms with E-state index >= 15 is 0 Å². The van der Waals surface area contributed by atoms with Gasteiger partial charge in [-0.25, -0.2) is 0 Å². The molecule has 0 saturated carbocycles. The third-order valence-corrected chi connectivity index (χ3v) is 6.57. The average molecular weight is 439 g/mol. The highest BCUT2D eigenvalue weighted by molar-refractivity contribution is 7.18. The number of amides is 2. The highest BCUT2D eigenvalue weighted by Crippen LogP contribution is 2.31. The Bertz CT molecular complexity index is 1050. The van der Waals surface area contributed by atoms with Crippen LogP contribution in [0, 0.1) is 6.92 Å². The molecule has 0 atom stereocenters. The van der Waals surface area contributed by atoms with Crippen LogP contribution < -0.4 is 15.5 Å². The molecular formula is C23H26N4O3S. The number of thiophene rings is 1. The Morgan fingerprint density at radius 1 is 1.03 bits per heavy atom. The number of likely N-dealkylation sites (N-methyl/N-ethyl adjacent to an activating group) is 1. The van der Waals surface area contributed by atoms with E-state index in [1.165, 1.54) is 17.6 Å². The molecule has 3 aromatic rings. The van der Waals surface area contributed by atoms with Crippen molar-refractivity contribution in [2.45, 2.75) is 13.8 Å². The van der Waals surface area contributed by atoms with E-state index in [0.29, 0.717) is 9.88 Å². The first-order chi connectivity index (χ1) is 15.0. The monoisotopic (exact) mass is 438 g/mol. The van der Waals surface area contributed by atoms with Crippen molar-refractivity contribution in [3.05, 3.63) is 64.9 Å². The second-order valence-corrected chi connectivity index (χ2v) is 8.50. The van der Waals surface area contributed by atoms with Crippen molar-refractivity contribution in [3.8, 4) is 0 Å². The summed E-state index contributed by atoms with van der Waals surface area (Å²) in [5.41, 5.74) is 2.64. The van der Waals surface area contributed by atoms with Gasteiger partial charge in [-0.15, -0.1) is 11.3 Å². The van der Waals surface area contributed by atoms with Crippen LogP contribution in [0.1, 0.15) is 32.7 Å². The van der Waals surface area contributed by atoms with E-state index in [-0.39, 0.29) is 17.6 Å². The van der Waals surface area contributed by atoms with Gasteiger partial charge in [0.1, 0.15) is 0 Å². The first kappa shape index (κ1) is 21.1. The summed E-state index contributed by atoms with van der Waals surface area (Å²) >= 11 is 1.25. The van der Waals surface area contributed by atoms with Crippen LogP contribution in [-0.4, -0.2) is 49.4 Å². The zero-order valence-electron chi connectivity index (χ0n) is 17.7. The summed E-state index contributed by atoms with van der Waals surface area (Å²) in [5.74, 6) is -0.287. The number of rotatable bonds is 6. The summed E-state index contributed by atoms with van der Waals surface area (Å²) < 4.78 is 5.12. The van der Waals surface area contributed by atoms with E-state index in [2.05, 4.69) is 27.4 Å². The first-order valence-corrected chi connectivity index (χ1v) is 11.2. The maximum Gasteiger partial charge on any atom is 0.291 e. The van der Waals surface area contributed by atoms with Crippen molar-refractivity contribution in [3.63, 3.8) is 0 Å². The standard InChI is InChI=1S/C23H26N4O3S/c1-3-26-10-12-27(13-11-26)18-8-5-4-7-17(18)24-23(29)21-16(2)15-20(31-21)25-22(28)19-9-6-14-30-19/h4-9,14-15H,3,10-13H2,1-2H3,(H,24,29)(H,25,28). The second-order valence-electron chi connectivity index (χ2n) is 7.45. The Labute approximate surface area is 185 Å². The Balaban J connectivity index is 1.47. The lowest BCUT2D eigenvalue weighted by Crippen LogP contribution is -2.46. The molecule has 1 aliphatic rings. The number of piperazine rings is 1. The largest absolute Gasteiger partial charge is 0.459 e. The molecule has 4 rings (SSSR count). The van der Waals surface area contributed by atoms with Crippen LogP contribution in [0.3, 0.4) is 0 Å². The van der Waals surface area contributed by atoms with E-state index in [1.54, 1.807) is 18.2 Å². The summed E-state index contributed by atoms with van der Waals surface area (Å²) in [5, 5.41) is 6.46. The molecule has 2 N–H and O–H groups in total. The average Bonchev–Trinajstić information content (AvgIpc) is 3.44. The molecule has 7 nitrogen and oxygen atoms in total. The minimum atomic E-state index is -0.338. The van der Waals surface area contributed by atoms with Gasteiger partial charge < -0.3 is 24.9 Å². The predicted octanol–water partition coefficient (Wildman–Crippen LogP) is 4.30. The first-order valence-electron chi connectivity index (χ1n) is 10.4. The number of aryl methyl sites for hydroxylation is 1. The van der Waals surface area contributed by atoms with E-state index < -0.39 is 0 Å². The summed E-state index contributed by atoms with van der Waals surface area (Å²) in [6.45, 7) is 9.00. The molecule has 1 saturated heterocycles. The number of hydrogen-bond acceptors (Lipinski definition) is 6. The Hall–Kier alpha value is -3.10. The van der Waals surface area contributed by atoms with Crippen LogP contribution in [0.15, 0.2) is 53.1 Å². The van der Waals surface area contributed by atoms with Crippen molar-refractivity contribution in [1.82, 2.24) is 4.90 Å². The third-order valence-electron chi connectivity index (χ3n) is 5.42. The van der Waals surface area contributed by atoms with Crippen LogP contribution in [0.25, 0.3) is 0 Å². The molecule has 0 bridgehead atoms. The van der Waals surface area contributed by atoms with Gasteiger partial charge in [0.2, 0.25) is 0 Å². The van der Waals surface area contributed by atoms with Crippen molar-refractivity contribution in [1.29, 1.82) is 0 Å². The lowest BCUT2D eigenvalue weighted by atomic mass is 10.2. The van der Waals surface area contributed by atoms with Crippen molar-refractivity contribution >= 4 is 39.5 Å². The van der Waals surface area contributed by atoms with Gasteiger partial charge in [-0.3, -0.25) is 9.59 Å². The normalized spacial score (nSPS) is 14.5. The lowest BCUT2D eigenvalue weighted by molar-refractivity contribution is 0.0995. The van der Waals surface area contributed by atoms with Crippen LogP contribution >= 0.6 is 11.3 Å². The number of carbonyl (C=O) groups excluding carboxylic acids is 2. The van der Waals surface area contributed by atoms with Gasteiger partial charge in [-0.05, 0) is 49.4 Å². The molecule has 3 heterocycles. The second kappa shape index (κ2) is 9.36. The maximum atomic E-state index is 13.0. The number of furan rings is 1. The molecule has 1 aromatic carbocycles. The maximum absolute atomic E-state index is 13.0. The van der Waals surface area contributed by atoms with Gasteiger partial charge in [-0.1, -0.05) is 19.1 Å². The van der Waals surface area contributed by atoms with Gasteiger partial charge in [0.05, 0.1) is 27.5 Å². The van der Waals surface area contributed by atoms with Crippen LogP contribution in [0.2, 0.25) is 0 Å². The molecule has 1 aliphatic heterocycles. The Morgan fingerprint density at radius 2 is 1.81 bits per heavy atom. The Morgan fingerprint density at radius 3 is 2.52 bits per heavy atom. The van der Waals surface area contributed by atoms with E-state index in [1.807, 2.05) is 31.2 Å². The van der Waals surface area contributed by atoms with Gasteiger partial charge in [-0.2, -0.15) is 0 Å². The van der Waals surface area contributed by atoms with Crippen molar-refractivity contribution in [2.24, 2.45) is 0 Å². The minimum absolute atomic E-state index is 0.180. The topological polar surface area (TPSA) is 77.8 Å². The molecule has 0 spiro atoms. The molecule has 8 heteroatoms. The number of benzene rings is 1. The third kappa shape index (κ3) is 4.81. The van der Waals surface area contributed by atoms with E-state index in [4.69, 9.17) is 4.42 Å². The van der Waals surface area contributed by atoms with Crippen molar-refractivity contribution < 1.29 is 14.0 Å². The number of nitrogens with zero attached hydrogens (tertiary/aromatic N) is 2. The van der Waals surface area contributed by atoms with Crippen LogP contribution in [0.4, 0.5) is 16.4 Å². The fraction of sp³-hybridized carbons (Fsp3) is 0.304. The number of anilines is 3. The van der Waals surface area contributed by atoms with E-state index in [9.17, 15) is 9.59 Å². The fourth-order valence-electron chi connectivity index (χ4n) is 3.69. The summed E-state index contributed by atoms with van der Waals surface area (Å²) in [4.78, 5) is 30.6. The summed E-state index contributed by atoms with van der Waals surface area (Å²) in [6, 6.07) is 13.0. The molecule has 0 radical (unpaired) electrons. The quantitative estimate of drug-likeness (QED) is 0.600. The van der Waals surface area contributed by atoms with Gasteiger partial charge >= 0.3 is 0 Å². The minimum Gasteiger partial charge on any atom is -0.459 e. The number of para-hydroxylation sites is 2. The zero-order chi connectivity index (χ0) is 21.8. The summed E-state index contributed by atoms with van der Waals surface area (Å²) in [7, 11) is 0. The van der Waals surface area contributed by atoms with Gasteiger partial charge in [0.15, 0.2) is 5.76 Å². The van der Waals surface area contributed by atoms with E-state index in [0.717, 1.165) is 49.7 Å². The SMILES string of the molecule is CCN1CCN(c2ccccc2NC(=O)c2sc(NC(=O)c3ccco3)cc2C)CC1. The molecule has 0 aliphatic carbocycles. The predicted molar refractivity (Wildman–Crippen MR) is 124 cm³/mol. The molecule has 31 heavy (non-hydrogen) atoms. The lowest BCUT2D eigenvalue weighted by Gasteiger charge is -2.36. The zero-order valence-corrected chi connectivity index (χ0v) is 18.5. The Kier molecular flexibility index (Phi) is 6.39. The number of carbonyl (C=O) groups is 2. The van der Waals surface area contributed by atoms with Gasteiger partial charge in [0, 0.05) is 26.2 Å². The molecule has 2 amide bonds. The smallest absolute Gasteiger partial charge is 0.291 e. The van der Waals surface area contributed by atoms with Gasteiger partial charge in [0.25, 0.3) is 11.8 Å². The molecule has 162 valence electrons. The summed E-state index contributed by atoms with van der Waals surface area (Å²) in [6.07, 6.45) is 1.45. The highest BCUT2D eigenvalue weighted by Gasteiger charge is 2.21. The molecular weight excluding hydrogens is 412 g/mol. The molecule has 0 unspecified atom stereocenters.